The van der Waals surface area contributed by atoms with Gasteiger partial charge in [-0.2, -0.15) is 0 Å². The van der Waals surface area contributed by atoms with Crippen LogP contribution in [0.5, 0.6) is 0 Å². The highest BCUT2D eigenvalue weighted by atomic mass is 35.5. The SMILES string of the molecule is CC(C(=O)O)c1cccc(Cl)c1CF. The van der Waals surface area contributed by atoms with Crippen molar-refractivity contribution in [3.63, 3.8) is 0 Å². The summed E-state index contributed by atoms with van der Waals surface area (Å²) in [6, 6.07) is 4.75. The molecule has 0 bridgehead atoms. The van der Waals surface area contributed by atoms with Gasteiger partial charge in [-0.25, -0.2) is 4.39 Å². The standard InChI is InChI=1S/C10H10ClFO2/c1-6(10(13)14)7-3-2-4-9(11)8(7)5-12/h2-4,6H,5H2,1H3,(H,13,14). The van der Waals surface area contributed by atoms with Gasteiger partial charge in [0.1, 0.15) is 6.67 Å². The molecule has 0 aliphatic rings. The van der Waals surface area contributed by atoms with Gasteiger partial charge in [0.25, 0.3) is 0 Å². The van der Waals surface area contributed by atoms with Crippen molar-refractivity contribution in [3.05, 3.63) is 34.3 Å². The van der Waals surface area contributed by atoms with Crippen LogP contribution in [0.4, 0.5) is 4.39 Å². The summed E-state index contributed by atoms with van der Waals surface area (Å²) in [6.45, 7) is 0.764. The molecule has 0 saturated heterocycles. The van der Waals surface area contributed by atoms with E-state index in [0.717, 1.165) is 0 Å². The summed E-state index contributed by atoms with van der Waals surface area (Å²) in [5, 5.41) is 9.06. The number of aliphatic carboxylic acids is 1. The summed E-state index contributed by atoms with van der Waals surface area (Å²) >= 11 is 5.75. The first-order valence-corrected chi connectivity index (χ1v) is 4.51. The van der Waals surface area contributed by atoms with E-state index >= 15 is 0 Å². The number of alkyl halides is 1. The van der Waals surface area contributed by atoms with Crippen LogP contribution in [0.2, 0.25) is 5.02 Å². The number of hydrogen-bond acceptors (Lipinski definition) is 1. The van der Waals surface area contributed by atoms with Gasteiger partial charge < -0.3 is 5.11 Å². The Bertz CT molecular complexity index is 352. The summed E-state index contributed by atoms with van der Waals surface area (Å²) in [5.74, 6) is -1.72. The number of hydrogen-bond donors (Lipinski definition) is 1. The van der Waals surface area contributed by atoms with Crippen molar-refractivity contribution in [2.75, 3.05) is 0 Å². The van der Waals surface area contributed by atoms with Gasteiger partial charge >= 0.3 is 5.97 Å². The molecule has 0 aromatic heterocycles. The Kier molecular flexibility index (Phi) is 3.47. The van der Waals surface area contributed by atoms with Crippen LogP contribution in [-0.2, 0) is 11.5 Å². The van der Waals surface area contributed by atoms with E-state index in [0.29, 0.717) is 5.56 Å². The predicted molar refractivity (Wildman–Crippen MR) is 52.3 cm³/mol. The lowest BCUT2D eigenvalue weighted by Crippen LogP contribution is -2.09. The maximum atomic E-state index is 12.6. The van der Waals surface area contributed by atoms with Gasteiger partial charge in [0.2, 0.25) is 0 Å². The first-order chi connectivity index (χ1) is 6.57. The molecule has 14 heavy (non-hydrogen) atoms. The van der Waals surface area contributed by atoms with Crippen molar-refractivity contribution in [1.29, 1.82) is 0 Å². The Morgan fingerprint density at radius 2 is 2.29 bits per heavy atom. The van der Waals surface area contributed by atoms with E-state index in [1.807, 2.05) is 0 Å². The van der Waals surface area contributed by atoms with E-state index in [2.05, 4.69) is 0 Å². The molecule has 0 fully saturated rings. The second-order valence-electron chi connectivity index (χ2n) is 3.00. The van der Waals surface area contributed by atoms with Crippen LogP contribution in [-0.4, -0.2) is 11.1 Å². The van der Waals surface area contributed by atoms with Gasteiger partial charge in [-0.3, -0.25) is 4.79 Å². The van der Waals surface area contributed by atoms with Gasteiger partial charge in [0.15, 0.2) is 0 Å². The average molecular weight is 217 g/mol. The third kappa shape index (κ3) is 2.04. The Morgan fingerprint density at radius 1 is 1.64 bits per heavy atom. The van der Waals surface area contributed by atoms with E-state index in [1.165, 1.54) is 6.92 Å². The molecule has 0 aliphatic carbocycles. The molecule has 0 radical (unpaired) electrons. The molecule has 0 saturated carbocycles. The van der Waals surface area contributed by atoms with Crippen molar-refractivity contribution in [2.45, 2.75) is 19.5 Å². The van der Waals surface area contributed by atoms with Gasteiger partial charge in [0.05, 0.1) is 5.92 Å². The minimum absolute atomic E-state index is 0.268. The van der Waals surface area contributed by atoms with Crippen LogP contribution in [0, 0.1) is 0 Å². The Labute approximate surface area is 86.3 Å². The normalized spacial score (nSPS) is 12.5. The highest BCUT2D eigenvalue weighted by molar-refractivity contribution is 6.31. The molecule has 1 aromatic rings. The van der Waals surface area contributed by atoms with E-state index in [1.54, 1.807) is 18.2 Å². The summed E-state index contributed by atoms with van der Waals surface area (Å²) in [5.41, 5.74) is 0.705. The highest BCUT2D eigenvalue weighted by Crippen LogP contribution is 2.27. The van der Waals surface area contributed by atoms with Crippen molar-refractivity contribution in [2.24, 2.45) is 0 Å². The third-order valence-electron chi connectivity index (χ3n) is 2.13. The summed E-state index contributed by atoms with van der Waals surface area (Å²) < 4.78 is 12.6. The monoisotopic (exact) mass is 216 g/mol. The number of benzene rings is 1. The van der Waals surface area contributed by atoms with Crippen molar-refractivity contribution in [1.82, 2.24) is 0 Å². The average Bonchev–Trinajstić information content (AvgIpc) is 2.16. The number of carboxylic acids is 1. The van der Waals surface area contributed by atoms with Gasteiger partial charge in [-0.05, 0) is 18.6 Å². The first-order valence-electron chi connectivity index (χ1n) is 4.14. The van der Waals surface area contributed by atoms with Crippen molar-refractivity contribution in [3.8, 4) is 0 Å². The van der Waals surface area contributed by atoms with Crippen LogP contribution < -0.4 is 0 Å². The molecule has 0 amide bonds. The van der Waals surface area contributed by atoms with Crippen molar-refractivity contribution < 1.29 is 14.3 Å². The van der Waals surface area contributed by atoms with Gasteiger partial charge in [0, 0.05) is 10.6 Å². The lowest BCUT2D eigenvalue weighted by atomic mass is 9.96. The van der Waals surface area contributed by atoms with Crippen LogP contribution >= 0.6 is 11.6 Å². The fourth-order valence-electron chi connectivity index (χ4n) is 1.26. The predicted octanol–water partition coefficient (Wildman–Crippen LogP) is 3.00. The molecule has 2 nitrogen and oxygen atoms in total. The van der Waals surface area contributed by atoms with E-state index in [9.17, 15) is 9.18 Å². The number of carboxylic acid groups (broad SMARTS) is 1. The minimum atomic E-state index is -0.984. The maximum Gasteiger partial charge on any atom is 0.310 e. The largest absolute Gasteiger partial charge is 0.481 e. The summed E-state index contributed by atoms with van der Waals surface area (Å²) in [6.07, 6.45) is 0. The fraction of sp³-hybridized carbons (Fsp3) is 0.300. The molecule has 1 N–H and O–H groups in total. The molecule has 4 heteroatoms. The number of halogens is 2. The number of carbonyl (C=O) groups is 1. The van der Waals surface area contributed by atoms with Crippen LogP contribution in [0.1, 0.15) is 24.0 Å². The fourth-order valence-corrected chi connectivity index (χ4v) is 1.49. The Hall–Kier alpha value is -1.09. The van der Waals surface area contributed by atoms with Crippen LogP contribution in [0.25, 0.3) is 0 Å². The minimum Gasteiger partial charge on any atom is -0.481 e. The molecule has 1 rings (SSSR count). The van der Waals surface area contributed by atoms with Gasteiger partial charge in [-0.15, -0.1) is 0 Å². The second-order valence-corrected chi connectivity index (χ2v) is 3.41. The topological polar surface area (TPSA) is 37.3 Å². The van der Waals surface area contributed by atoms with Crippen LogP contribution in [0.3, 0.4) is 0 Å². The highest BCUT2D eigenvalue weighted by Gasteiger charge is 2.18. The second kappa shape index (κ2) is 4.42. The molecule has 1 atom stereocenters. The molecule has 0 heterocycles. The van der Waals surface area contributed by atoms with Gasteiger partial charge in [-0.1, -0.05) is 23.7 Å². The lowest BCUT2D eigenvalue weighted by Gasteiger charge is -2.11. The van der Waals surface area contributed by atoms with E-state index in [-0.39, 0.29) is 10.6 Å². The summed E-state index contributed by atoms with van der Waals surface area (Å²) in [4.78, 5) is 10.7. The maximum absolute atomic E-state index is 12.6. The Balaban J connectivity index is 3.20. The third-order valence-corrected chi connectivity index (χ3v) is 2.48. The first kappa shape index (κ1) is 11.0. The lowest BCUT2D eigenvalue weighted by molar-refractivity contribution is -0.138. The van der Waals surface area contributed by atoms with Crippen molar-refractivity contribution >= 4 is 17.6 Å². The molecular weight excluding hydrogens is 207 g/mol. The number of rotatable bonds is 3. The quantitative estimate of drug-likeness (QED) is 0.844. The molecule has 1 aromatic carbocycles. The zero-order valence-corrected chi connectivity index (χ0v) is 8.38. The summed E-state index contributed by atoms with van der Waals surface area (Å²) in [7, 11) is 0. The zero-order chi connectivity index (χ0) is 10.7. The van der Waals surface area contributed by atoms with E-state index < -0.39 is 18.6 Å². The smallest absolute Gasteiger partial charge is 0.310 e. The zero-order valence-electron chi connectivity index (χ0n) is 7.63. The molecule has 1 unspecified atom stereocenters. The molecule has 0 spiro atoms. The molecule has 0 aliphatic heterocycles. The van der Waals surface area contributed by atoms with E-state index in [4.69, 9.17) is 16.7 Å². The van der Waals surface area contributed by atoms with Crippen LogP contribution in [0.15, 0.2) is 18.2 Å². The molecule has 76 valence electrons. The Morgan fingerprint density at radius 3 is 2.79 bits per heavy atom. The molecular formula is C10H10ClFO2.